The number of nitrogens with two attached hydrogens (primary N) is 1. The van der Waals surface area contributed by atoms with Crippen LogP contribution in [0.4, 0.5) is 0 Å². The highest BCUT2D eigenvalue weighted by atomic mass is 16.2. The van der Waals surface area contributed by atoms with Gasteiger partial charge in [0.25, 0.3) is 0 Å². The summed E-state index contributed by atoms with van der Waals surface area (Å²) in [6.07, 6.45) is 3.29. The molecule has 2 rings (SSSR count). The Balaban J connectivity index is 1.92. The number of carbonyl (C=O) groups is 1. The van der Waals surface area contributed by atoms with E-state index >= 15 is 0 Å². The molecule has 2 saturated carbocycles. The molecule has 2 atom stereocenters. The van der Waals surface area contributed by atoms with Crippen LogP contribution in [0, 0.1) is 11.8 Å². The average molecular weight is 196 g/mol. The van der Waals surface area contributed by atoms with Gasteiger partial charge in [-0.1, -0.05) is 13.8 Å². The van der Waals surface area contributed by atoms with E-state index in [0.29, 0.717) is 17.9 Å². The molecule has 14 heavy (non-hydrogen) atoms. The Bertz CT molecular complexity index is 235. The van der Waals surface area contributed by atoms with Crippen LogP contribution in [0.3, 0.4) is 0 Å². The molecule has 2 fully saturated rings. The zero-order valence-electron chi connectivity index (χ0n) is 9.07. The number of amides is 1. The van der Waals surface area contributed by atoms with Crippen LogP contribution in [0.2, 0.25) is 0 Å². The molecule has 3 heteroatoms. The van der Waals surface area contributed by atoms with Crippen molar-refractivity contribution in [3.05, 3.63) is 0 Å². The van der Waals surface area contributed by atoms with Crippen LogP contribution < -0.4 is 5.73 Å². The lowest BCUT2D eigenvalue weighted by Gasteiger charge is -2.24. The third-order valence-corrected chi connectivity index (χ3v) is 2.99. The first-order chi connectivity index (χ1) is 6.59. The number of rotatable bonds is 4. The molecule has 0 aromatic heterocycles. The zero-order valence-corrected chi connectivity index (χ0v) is 9.07. The van der Waals surface area contributed by atoms with Crippen LogP contribution in [-0.2, 0) is 4.79 Å². The highest BCUT2D eigenvalue weighted by Crippen LogP contribution is 2.35. The van der Waals surface area contributed by atoms with Crippen molar-refractivity contribution in [2.45, 2.75) is 45.2 Å². The Labute approximate surface area is 85.6 Å². The van der Waals surface area contributed by atoms with E-state index in [2.05, 4.69) is 18.7 Å². The molecule has 0 spiro atoms. The zero-order chi connectivity index (χ0) is 10.3. The Morgan fingerprint density at radius 2 is 2.07 bits per heavy atom. The molecule has 3 nitrogen and oxygen atoms in total. The van der Waals surface area contributed by atoms with Gasteiger partial charge in [-0.25, -0.2) is 0 Å². The first-order valence-electron chi connectivity index (χ1n) is 5.65. The van der Waals surface area contributed by atoms with Gasteiger partial charge in [0, 0.05) is 18.6 Å². The highest BCUT2D eigenvalue weighted by molar-refractivity contribution is 5.83. The SMILES string of the molecule is CC(C)CN(C(=O)C1CC1N)C1CC1. The first kappa shape index (κ1) is 9.97. The fourth-order valence-electron chi connectivity index (χ4n) is 1.91. The molecule has 1 amide bonds. The molecular formula is C11H20N2O. The van der Waals surface area contributed by atoms with Crippen molar-refractivity contribution < 1.29 is 4.79 Å². The maximum absolute atomic E-state index is 12.0. The Hall–Kier alpha value is -0.570. The van der Waals surface area contributed by atoms with Gasteiger partial charge in [0.05, 0.1) is 5.92 Å². The summed E-state index contributed by atoms with van der Waals surface area (Å²) in [6, 6.07) is 0.689. The van der Waals surface area contributed by atoms with Crippen molar-refractivity contribution in [2.75, 3.05) is 6.54 Å². The molecule has 80 valence electrons. The van der Waals surface area contributed by atoms with Gasteiger partial charge in [-0.3, -0.25) is 4.79 Å². The summed E-state index contributed by atoms with van der Waals surface area (Å²) in [5.74, 6) is 1.03. The maximum Gasteiger partial charge on any atom is 0.227 e. The van der Waals surface area contributed by atoms with Gasteiger partial charge in [-0.2, -0.15) is 0 Å². The standard InChI is InChI=1S/C11H20N2O/c1-7(2)6-13(8-3-4-8)11(14)9-5-10(9)12/h7-10H,3-6,12H2,1-2H3. The molecule has 2 aliphatic rings. The van der Waals surface area contributed by atoms with E-state index in [4.69, 9.17) is 5.73 Å². The summed E-state index contributed by atoms with van der Waals surface area (Å²) in [7, 11) is 0. The highest BCUT2D eigenvalue weighted by Gasteiger charge is 2.45. The van der Waals surface area contributed by atoms with E-state index in [0.717, 1.165) is 13.0 Å². The third-order valence-electron chi connectivity index (χ3n) is 2.99. The molecule has 0 aromatic carbocycles. The lowest BCUT2D eigenvalue weighted by Crippen LogP contribution is -2.38. The van der Waals surface area contributed by atoms with Gasteiger partial charge in [0.2, 0.25) is 5.91 Å². The van der Waals surface area contributed by atoms with E-state index in [1.54, 1.807) is 0 Å². The van der Waals surface area contributed by atoms with E-state index in [9.17, 15) is 4.79 Å². The summed E-state index contributed by atoms with van der Waals surface area (Å²) in [4.78, 5) is 14.1. The van der Waals surface area contributed by atoms with Gasteiger partial charge < -0.3 is 10.6 Å². The van der Waals surface area contributed by atoms with Gasteiger partial charge in [-0.15, -0.1) is 0 Å². The molecule has 0 bridgehead atoms. The fraction of sp³-hybridized carbons (Fsp3) is 0.909. The predicted octanol–water partition coefficient (Wildman–Crippen LogP) is 0.981. The minimum absolute atomic E-state index is 0.148. The molecule has 2 unspecified atom stereocenters. The summed E-state index contributed by atoms with van der Waals surface area (Å²) >= 11 is 0. The third kappa shape index (κ3) is 2.08. The van der Waals surface area contributed by atoms with Crippen molar-refractivity contribution in [2.24, 2.45) is 17.6 Å². The molecule has 0 aliphatic heterocycles. The lowest BCUT2D eigenvalue weighted by molar-refractivity contribution is -0.133. The largest absolute Gasteiger partial charge is 0.339 e. The minimum atomic E-state index is 0.148. The molecule has 2 aliphatic carbocycles. The van der Waals surface area contributed by atoms with Gasteiger partial charge in [0.15, 0.2) is 0 Å². The molecule has 0 aromatic rings. The summed E-state index contributed by atoms with van der Waals surface area (Å²) < 4.78 is 0. The number of hydrogen-bond acceptors (Lipinski definition) is 2. The maximum atomic E-state index is 12.0. The van der Waals surface area contributed by atoms with Crippen molar-refractivity contribution in [3.8, 4) is 0 Å². The summed E-state index contributed by atoms with van der Waals surface area (Å²) in [5, 5.41) is 0. The minimum Gasteiger partial charge on any atom is -0.339 e. The Morgan fingerprint density at radius 3 is 2.43 bits per heavy atom. The van der Waals surface area contributed by atoms with Crippen LogP contribution in [0.5, 0.6) is 0 Å². The fourth-order valence-corrected chi connectivity index (χ4v) is 1.91. The van der Waals surface area contributed by atoms with E-state index in [1.807, 2.05) is 0 Å². The average Bonchev–Trinajstić information content (AvgIpc) is 2.92. The van der Waals surface area contributed by atoms with Crippen molar-refractivity contribution >= 4 is 5.91 Å². The number of carbonyl (C=O) groups excluding carboxylic acids is 1. The van der Waals surface area contributed by atoms with E-state index in [1.165, 1.54) is 12.8 Å². The molecule has 0 heterocycles. The van der Waals surface area contributed by atoms with Crippen molar-refractivity contribution in [3.63, 3.8) is 0 Å². The Morgan fingerprint density at radius 1 is 1.50 bits per heavy atom. The molecular weight excluding hydrogens is 176 g/mol. The Kier molecular flexibility index (Phi) is 2.52. The van der Waals surface area contributed by atoms with Gasteiger partial charge in [-0.05, 0) is 25.2 Å². The predicted molar refractivity (Wildman–Crippen MR) is 55.7 cm³/mol. The topological polar surface area (TPSA) is 46.3 Å². The number of hydrogen-bond donors (Lipinski definition) is 1. The molecule has 0 saturated heterocycles. The van der Waals surface area contributed by atoms with Crippen LogP contribution in [0.25, 0.3) is 0 Å². The van der Waals surface area contributed by atoms with Crippen LogP contribution in [0.15, 0.2) is 0 Å². The number of nitrogens with zero attached hydrogens (tertiary/aromatic N) is 1. The molecule has 2 N–H and O–H groups in total. The van der Waals surface area contributed by atoms with E-state index in [-0.39, 0.29) is 12.0 Å². The lowest BCUT2D eigenvalue weighted by atomic mass is 10.2. The smallest absolute Gasteiger partial charge is 0.227 e. The van der Waals surface area contributed by atoms with Crippen molar-refractivity contribution in [1.82, 2.24) is 4.90 Å². The second-order valence-electron chi connectivity index (χ2n) is 5.12. The van der Waals surface area contributed by atoms with Crippen LogP contribution in [0.1, 0.15) is 33.1 Å². The van der Waals surface area contributed by atoms with Crippen LogP contribution in [-0.4, -0.2) is 29.4 Å². The normalized spacial score (nSPS) is 30.6. The van der Waals surface area contributed by atoms with Gasteiger partial charge >= 0.3 is 0 Å². The second-order valence-corrected chi connectivity index (χ2v) is 5.12. The molecule has 0 radical (unpaired) electrons. The summed E-state index contributed by atoms with van der Waals surface area (Å²) in [5.41, 5.74) is 5.71. The summed E-state index contributed by atoms with van der Waals surface area (Å²) in [6.45, 7) is 5.23. The monoisotopic (exact) mass is 196 g/mol. The van der Waals surface area contributed by atoms with Gasteiger partial charge in [0.1, 0.15) is 0 Å². The second kappa shape index (κ2) is 3.54. The van der Waals surface area contributed by atoms with Crippen molar-refractivity contribution in [1.29, 1.82) is 0 Å². The quantitative estimate of drug-likeness (QED) is 0.728. The van der Waals surface area contributed by atoms with Crippen LogP contribution >= 0.6 is 0 Å². The van der Waals surface area contributed by atoms with E-state index < -0.39 is 0 Å². The first-order valence-corrected chi connectivity index (χ1v) is 5.65.